The van der Waals surface area contributed by atoms with Crippen molar-refractivity contribution in [3.05, 3.63) is 74.8 Å². The van der Waals surface area contributed by atoms with Crippen molar-refractivity contribution < 1.29 is 14.1 Å². The van der Waals surface area contributed by atoms with Gasteiger partial charge in [-0.3, -0.25) is 14.9 Å². The van der Waals surface area contributed by atoms with Crippen LogP contribution in [0.3, 0.4) is 0 Å². The summed E-state index contributed by atoms with van der Waals surface area (Å²) in [4.78, 5) is 27.0. The molecule has 0 aliphatic heterocycles. The molecule has 1 aromatic heterocycles. The number of non-ortho nitro benzene ring substituents is 1. The Balaban J connectivity index is 1.90. The normalized spacial score (nSPS) is 12.1. The molecule has 6 nitrogen and oxygen atoms in total. The topological polar surface area (TPSA) is 77.5 Å². The average Bonchev–Trinajstić information content (AvgIpc) is 2.97. The molecule has 0 aliphatic rings. The molecular formula is C19H16FN3O3S. The van der Waals surface area contributed by atoms with Gasteiger partial charge in [0.2, 0.25) is 0 Å². The van der Waals surface area contributed by atoms with Gasteiger partial charge < -0.3 is 4.57 Å². The number of benzene rings is 2. The number of halogens is 1. The molecule has 0 N–H and O–H groups in total. The van der Waals surface area contributed by atoms with Gasteiger partial charge in [0.15, 0.2) is 4.80 Å². The van der Waals surface area contributed by atoms with Crippen LogP contribution >= 0.6 is 11.3 Å². The zero-order valence-corrected chi connectivity index (χ0v) is 15.3. The number of amides is 1. The Labute approximate surface area is 158 Å². The first kappa shape index (κ1) is 18.7. The molecule has 0 fully saturated rings. The van der Waals surface area contributed by atoms with Gasteiger partial charge >= 0.3 is 0 Å². The summed E-state index contributed by atoms with van der Waals surface area (Å²) in [7, 11) is 0. The fourth-order valence-electron chi connectivity index (χ4n) is 2.58. The Hall–Kier alpha value is -3.13. The van der Waals surface area contributed by atoms with Crippen molar-refractivity contribution in [2.24, 2.45) is 4.99 Å². The highest BCUT2D eigenvalue weighted by atomic mass is 32.1. The van der Waals surface area contributed by atoms with Crippen LogP contribution in [0.1, 0.15) is 18.9 Å². The van der Waals surface area contributed by atoms with Gasteiger partial charge in [-0.15, -0.1) is 0 Å². The molecule has 0 bridgehead atoms. The Bertz CT molecular complexity index is 1100. The van der Waals surface area contributed by atoms with E-state index in [1.54, 1.807) is 24.3 Å². The lowest BCUT2D eigenvalue weighted by molar-refractivity contribution is -0.384. The van der Waals surface area contributed by atoms with Crippen LogP contribution in [0.2, 0.25) is 0 Å². The smallest absolute Gasteiger partial charge is 0.272 e. The summed E-state index contributed by atoms with van der Waals surface area (Å²) in [6.07, 6.45) is 3.71. The highest BCUT2D eigenvalue weighted by Gasteiger charge is 2.08. The van der Waals surface area contributed by atoms with Crippen molar-refractivity contribution in [1.29, 1.82) is 0 Å². The number of thiazole rings is 1. The monoisotopic (exact) mass is 385 g/mol. The molecule has 0 atom stereocenters. The zero-order chi connectivity index (χ0) is 19.4. The number of hydrogen-bond acceptors (Lipinski definition) is 4. The van der Waals surface area contributed by atoms with Gasteiger partial charge in [0.25, 0.3) is 11.6 Å². The van der Waals surface area contributed by atoms with Crippen LogP contribution in [0.4, 0.5) is 10.1 Å². The van der Waals surface area contributed by atoms with Gasteiger partial charge in [-0.25, -0.2) is 4.39 Å². The summed E-state index contributed by atoms with van der Waals surface area (Å²) in [5.41, 5.74) is 1.49. The first-order chi connectivity index (χ1) is 13.0. The predicted molar refractivity (Wildman–Crippen MR) is 103 cm³/mol. The van der Waals surface area contributed by atoms with Crippen molar-refractivity contribution in [3.63, 3.8) is 0 Å². The van der Waals surface area contributed by atoms with E-state index in [9.17, 15) is 19.3 Å². The van der Waals surface area contributed by atoms with Gasteiger partial charge in [-0.05, 0) is 48.4 Å². The number of nitro benzene ring substituents is 1. The number of carbonyl (C=O) groups is 1. The van der Waals surface area contributed by atoms with Crippen LogP contribution in [-0.4, -0.2) is 15.4 Å². The standard InChI is InChI=1S/C19H16FN3O3S/c1-2-11-22-16-9-6-14(20)12-17(16)27-19(22)21-18(24)10-5-13-3-7-15(8-4-13)23(25)26/h3-10,12H,2,11H2,1H3/b10-5+,21-19?. The predicted octanol–water partition coefficient (Wildman–Crippen LogP) is 4.30. The van der Waals surface area contributed by atoms with Crippen LogP contribution in [-0.2, 0) is 11.3 Å². The summed E-state index contributed by atoms with van der Waals surface area (Å²) in [5.74, 6) is -0.784. The number of aryl methyl sites for hydroxylation is 1. The summed E-state index contributed by atoms with van der Waals surface area (Å²) in [6, 6.07) is 10.4. The van der Waals surface area contributed by atoms with Crippen LogP contribution in [0.5, 0.6) is 0 Å². The molecule has 2 aromatic carbocycles. The zero-order valence-electron chi connectivity index (χ0n) is 14.5. The molecule has 138 valence electrons. The second kappa shape index (κ2) is 8.05. The molecule has 0 radical (unpaired) electrons. The van der Waals surface area contributed by atoms with E-state index >= 15 is 0 Å². The Morgan fingerprint density at radius 3 is 2.70 bits per heavy atom. The largest absolute Gasteiger partial charge is 0.316 e. The summed E-state index contributed by atoms with van der Waals surface area (Å²) >= 11 is 1.26. The van der Waals surface area contributed by atoms with Gasteiger partial charge in [0.1, 0.15) is 5.82 Å². The summed E-state index contributed by atoms with van der Waals surface area (Å²) < 4.78 is 16.1. The highest BCUT2D eigenvalue weighted by Crippen LogP contribution is 2.19. The van der Waals surface area contributed by atoms with Crippen molar-refractivity contribution in [2.75, 3.05) is 0 Å². The molecule has 0 aliphatic carbocycles. The van der Waals surface area contributed by atoms with Crippen LogP contribution in [0.25, 0.3) is 16.3 Å². The van der Waals surface area contributed by atoms with Gasteiger partial charge in [-0.1, -0.05) is 18.3 Å². The molecule has 3 aromatic rings. The maximum absolute atomic E-state index is 13.5. The number of hydrogen-bond donors (Lipinski definition) is 0. The second-order valence-electron chi connectivity index (χ2n) is 5.78. The number of fused-ring (bicyclic) bond motifs is 1. The number of carbonyl (C=O) groups excluding carboxylic acids is 1. The molecule has 0 unspecified atom stereocenters. The van der Waals surface area contributed by atoms with Crippen LogP contribution in [0.15, 0.2) is 53.5 Å². The minimum absolute atomic E-state index is 0.0127. The lowest BCUT2D eigenvalue weighted by Gasteiger charge is -2.01. The molecular weight excluding hydrogens is 369 g/mol. The third-order valence-electron chi connectivity index (χ3n) is 3.82. The quantitative estimate of drug-likeness (QED) is 0.373. The maximum Gasteiger partial charge on any atom is 0.272 e. The van der Waals surface area contributed by atoms with Crippen molar-refractivity contribution >= 4 is 39.2 Å². The lowest BCUT2D eigenvalue weighted by atomic mass is 10.2. The van der Waals surface area contributed by atoms with E-state index in [2.05, 4.69) is 4.99 Å². The van der Waals surface area contributed by atoms with E-state index in [-0.39, 0.29) is 11.5 Å². The second-order valence-corrected chi connectivity index (χ2v) is 6.79. The summed E-state index contributed by atoms with van der Waals surface area (Å²) in [6.45, 7) is 2.68. The van der Waals surface area contributed by atoms with E-state index in [1.165, 1.54) is 41.7 Å². The Morgan fingerprint density at radius 2 is 2.04 bits per heavy atom. The van der Waals surface area contributed by atoms with Crippen LogP contribution in [0, 0.1) is 15.9 Å². The Morgan fingerprint density at radius 1 is 1.30 bits per heavy atom. The molecule has 0 saturated carbocycles. The average molecular weight is 385 g/mol. The molecule has 0 spiro atoms. The van der Waals surface area contributed by atoms with Gasteiger partial charge in [0, 0.05) is 24.8 Å². The molecule has 8 heteroatoms. The SMILES string of the molecule is CCCn1c(=NC(=O)/C=C/c2ccc([N+](=O)[O-])cc2)sc2cc(F)ccc21. The Kier molecular flexibility index (Phi) is 5.56. The van der Waals surface area contributed by atoms with Gasteiger partial charge in [0.05, 0.1) is 15.1 Å². The maximum atomic E-state index is 13.5. The number of nitrogens with zero attached hydrogens (tertiary/aromatic N) is 3. The highest BCUT2D eigenvalue weighted by molar-refractivity contribution is 7.16. The van der Waals surface area contributed by atoms with Crippen LogP contribution < -0.4 is 4.80 Å². The molecule has 27 heavy (non-hydrogen) atoms. The van der Waals surface area contributed by atoms with E-state index in [1.807, 2.05) is 11.5 Å². The van der Waals surface area contributed by atoms with E-state index in [4.69, 9.17) is 0 Å². The fraction of sp³-hybridized carbons (Fsp3) is 0.158. The third kappa shape index (κ3) is 4.35. The van der Waals surface area contributed by atoms with Crippen molar-refractivity contribution in [2.45, 2.75) is 19.9 Å². The third-order valence-corrected chi connectivity index (χ3v) is 4.86. The number of rotatable bonds is 5. The van der Waals surface area contributed by atoms with E-state index in [0.29, 0.717) is 16.9 Å². The van der Waals surface area contributed by atoms with Gasteiger partial charge in [-0.2, -0.15) is 4.99 Å². The van der Waals surface area contributed by atoms with E-state index < -0.39 is 10.8 Å². The van der Waals surface area contributed by atoms with Crippen molar-refractivity contribution in [1.82, 2.24) is 4.57 Å². The molecule has 1 heterocycles. The molecule has 0 saturated heterocycles. The summed E-state index contributed by atoms with van der Waals surface area (Å²) in [5, 5.41) is 10.7. The minimum Gasteiger partial charge on any atom is -0.316 e. The molecule has 1 amide bonds. The fourth-order valence-corrected chi connectivity index (χ4v) is 3.66. The van der Waals surface area contributed by atoms with Crippen molar-refractivity contribution in [3.8, 4) is 0 Å². The first-order valence-electron chi connectivity index (χ1n) is 8.28. The number of aromatic nitrogens is 1. The minimum atomic E-state index is -0.481. The number of nitro groups is 1. The van der Waals surface area contributed by atoms with E-state index in [0.717, 1.165) is 16.6 Å². The molecule has 3 rings (SSSR count). The first-order valence-corrected chi connectivity index (χ1v) is 9.09. The lowest BCUT2D eigenvalue weighted by Crippen LogP contribution is -2.16.